The lowest BCUT2D eigenvalue weighted by Crippen LogP contribution is -2.17. The molecule has 1 aliphatic rings. The van der Waals surface area contributed by atoms with Gasteiger partial charge in [-0.15, -0.1) is 13.2 Å². The van der Waals surface area contributed by atoms with Crippen LogP contribution in [0.2, 0.25) is 0 Å². The van der Waals surface area contributed by atoms with E-state index < -0.39 is 21.9 Å². The van der Waals surface area contributed by atoms with Crippen LogP contribution in [-0.4, -0.2) is 29.3 Å². The molecular formula is C19H19F3N4O3S. The van der Waals surface area contributed by atoms with Crippen LogP contribution in [0.3, 0.4) is 0 Å². The Balaban J connectivity index is 1.81. The van der Waals surface area contributed by atoms with Gasteiger partial charge in [-0.25, -0.2) is 18.4 Å². The molecule has 0 bridgehead atoms. The Hall–Kier alpha value is -2.82. The van der Waals surface area contributed by atoms with E-state index in [-0.39, 0.29) is 27.2 Å². The minimum Gasteiger partial charge on any atom is -0.406 e. The summed E-state index contributed by atoms with van der Waals surface area (Å²) < 4.78 is 69.3. The second-order valence-electron chi connectivity index (χ2n) is 7.13. The van der Waals surface area contributed by atoms with Crippen molar-refractivity contribution in [3.8, 4) is 5.75 Å². The van der Waals surface area contributed by atoms with E-state index in [4.69, 9.17) is 5.73 Å². The molecule has 11 heteroatoms. The Morgan fingerprint density at radius 2 is 1.67 bits per heavy atom. The third-order valence-electron chi connectivity index (χ3n) is 5.19. The summed E-state index contributed by atoms with van der Waals surface area (Å²) in [5.74, 6) is -0.474. The van der Waals surface area contributed by atoms with E-state index in [1.54, 1.807) is 4.57 Å². The van der Waals surface area contributed by atoms with Gasteiger partial charge >= 0.3 is 6.36 Å². The standard InChI is InChI=1S/C19H19F3N4O3S/c20-19(21,22)29-13-6-8-14(9-7-13)30(27,28)16-15-18(25-11-10-24-15)26(17(16)23)12-4-2-1-3-5-12/h6-12H,1-5,23H2. The van der Waals surface area contributed by atoms with Crippen molar-refractivity contribution in [3.05, 3.63) is 36.7 Å². The number of nitrogens with two attached hydrogens (primary N) is 1. The van der Waals surface area contributed by atoms with Gasteiger partial charge in [0.15, 0.2) is 5.65 Å². The van der Waals surface area contributed by atoms with Gasteiger partial charge in [0.2, 0.25) is 9.84 Å². The topological polar surface area (TPSA) is 100 Å². The number of ether oxygens (including phenoxy) is 1. The number of anilines is 1. The van der Waals surface area contributed by atoms with E-state index in [0.29, 0.717) is 5.65 Å². The Labute approximate surface area is 170 Å². The van der Waals surface area contributed by atoms with Gasteiger partial charge in [-0.3, -0.25) is 0 Å². The lowest BCUT2D eigenvalue weighted by atomic mass is 9.95. The summed E-state index contributed by atoms with van der Waals surface area (Å²) in [5.41, 5.74) is 6.85. The molecule has 0 atom stereocenters. The average molecular weight is 440 g/mol. The number of halogens is 3. The SMILES string of the molecule is Nc1c(S(=O)(=O)c2ccc(OC(F)(F)F)cc2)c2nccnc2n1C1CCCCC1. The maximum absolute atomic E-state index is 13.3. The van der Waals surface area contributed by atoms with Gasteiger partial charge in [-0.1, -0.05) is 19.3 Å². The van der Waals surface area contributed by atoms with Crippen LogP contribution in [0, 0.1) is 0 Å². The minimum atomic E-state index is -4.87. The molecule has 1 saturated carbocycles. The molecule has 1 fully saturated rings. The molecule has 2 heterocycles. The molecular weight excluding hydrogens is 421 g/mol. The van der Waals surface area contributed by atoms with Crippen LogP contribution in [0.15, 0.2) is 46.5 Å². The number of nitrogen functional groups attached to an aromatic ring is 1. The van der Waals surface area contributed by atoms with Crippen LogP contribution >= 0.6 is 0 Å². The second kappa shape index (κ2) is 7.46. The van der Waals surface area contributed by atoms with Crippen molar-refractivity contribution in [2.24, 2.45) is 0 Å². The highest BCUT2D eigenvalue weighted by molar-refractivity contribution is 7.92. The van der Waals surface area contributed by atoms with Crippen molar-refractivity contribution in [1.82, 2.24) is 14.5 Å². The number of fused-ring (bicyclic) bond motifs is 1. The normalized spacial score (nSPS) is 16.1. The maximum atomic E-state index is 13.3. The summed E-state index contributed by atoms with van der Waals surface area (Å²) in [4.78, 5) is 8.12. The zero-order valence-electron chi connectivity index (χ0n) is 15.8. The lowest BCUT2D eigenvalue weighted by Gasteiger charge is -2.24. The fourth-order valence-electron chi connectivity index (χ4n) is 3.92. The number of hydrogen-bond acceptors (Lipinski definition) is 6. The van der Waals surface area contributed by atoms with Crippen molar-refractivity contribution in [2.75, 3.05) is 5.73 Å². The van der Waals surface area contributed by atoms with Gasteiger partial charge in [0.05, 0.1) is 4.90 Å². The third-order valence-corrected chi connectivity index (χ3v) is 7.02. The Kier molecular flexibility index (Phi) is 5.08. The van der Waals surface area contributed by atoms with Crippen molar-refractivity contribution >= 4 is 26.8 Å². The van der Waals surface area contributed by atoms with Gasteiger partial charge in [0.25, 0.3) is 0 Å². The molecule has 0 unspecified atom stereocenters. The van der Waals surface area contributed by atoms with Gasteiger partial charge < -0.3 is 15.0 Å². The second-order valence-corrected chi connectivity index (χ2v) is 9.01. The van der Waals surface area contributed by atoms with Crippen molar-refractivity contribution in [1.29, 1.82) is 0 Å². The largest absolute Gasteiger partial charge is 0.573 e. The summed E-state index contributed by atoms with van der Waals surface area (Å²) in [6.07, 6.45) is 2.82. The molecule has 0 spiro atoms. The van der Waals surface area contributed by atoms with E-state index >= 15 is 0 Å². The first kappa shape index (κ1) is 20.5. The van der Waals surface area contributed by atoms with Crippen LogP contribution in [0.4, 0.5) is 19.0 Å². The number of aromatic nitrogens is 3. The van der Waals surface area contributed by atoms with Gasteiger partial charge in [-0.05, 0) is 37.1 Å². The molecule has 160 valence electrons. The zero-order valence-corrected chi connectivity index (χ0v) is 16.6. The Morgan fingerprint density at radius 1 is 1.03 bits per heavy atom. The van der Waals surface area contributed by atoms with Crippen LogP contribution in [0.25, 0.3) is 11.2 Å². The summed E-state index contributed by atoms with van der Waals surface area (Å²) in [7, 11) is -4.16. The predicted octanol–water partition coefficient (Wildman–Crippen LogP) is 4.25. The number of hydrogen-bond donors (Lipinski definition) is 1. The molecule has 2 aromatic heterocycles. The van der Waals surface area contributed by atoms with Crippen LogP contribution in [0.5, 0.6) is 5.75 Å². The fourth-order valence-corrected chi connectivity index (χ4v) is 5.43. The van der Waals surface area contributed by atoms with Gasteiger partial charge in [0, 0.05) is 18.4 Å². The predicted molar refractivity (Wildman–Crippen MR) is 103 cm³/mol. The van der Waals surface area contributed by atoms with E-state index in [1.807, 2.05) is 0 Å². The summed E-state index contributed by atoms with van der Waals surface area (Å²) in [5, 5.41) is 0. The molecule has 1 aliphatic carbocycles. The highest BCUT2D eigenvalue weighted by atomic mass is 32.2. The van der Waals surface area contributed by atoms with E-state index in [9.17, 15) is 21.6 Å². The molecule has 0 radical (unpaired) electrons. The molecule has 7 nitrogen and oxygen atoms in total. The minimum absolute atomic E-state index is 0.0180. The van der Waals surface area contributed by atoms with Crippen LogP contribution in [-0.2, 0) is 9.84 Å². The van der Waals surface area contributed by atoms with Crippen molar-refractivity contribution in [3.63, 3.8) is 0 Å². The molecule has 0 amide bonds. The van der Waals surface area contributed by atoms with E-state index in [0.717, 1.165) is 56.4 Å². The first-order valence-corrected chi connectivity index (χ1v) is 10.9. The van der Waals surface area contributed by atoms with E-state index in [2.05, 4.69) is 14.7 Å². The third kappa shape index (κ3) is 3.69. The summed E-state index contributed by atoms with van der Waals surface area (Å²) >= 11 is 0. The number of nitrogens with zero attached hydrogens (tertiary/aromatic N) is 3. The van der Waals surface area contributed by atoms with Gasteiger partial charge in [0.1, 0.15) is 22.0 Å². The molecule has 1 aromatic carbocycles. The number of alkyl halides is 3. The first-order valence-electron chi connectivity index (χ1n) is 9.40. The molecule has 3 aromatic rings. The Morgan fingerprint density at radius 3 is 2.30 bits per heavy atom. The summed E-state index contributed by atoms with van der Waals surface area (Å²) in [6.45, 7) is 0. The molecule has 0 saturated heterocycles. The highest BCUT2D eigenvalue weighted by Gasteiger charge is 2.33. The number of rotatable bonds is 4. The number of sulfone groups is 1. The zero-order chi connectivity index (χ0) is 21.5. The maximum Gasteiger partial charge on any atom is 0.573 e. The summed E-state index contributed by atoms with van der Waals surface area (Å²) in [6, 6.07) is 4.02. The average Bonchev–Trinajstić information content (AvgIpc) is 3.00. The quantitative estimate of drug-likeness (QED) is 0.651. The number of benzene rings is 1. The molecule has 30 heavy (non-hydrogen) atoms. The van der Waals surface area contributed by atoms with Crippen LogP contribution in [0.1, 0.15) is 38.1 Å². The van der Waals surface area contributed by atoms with Crippen LogP contribution < -0.4 is 10.5 Å². The molecule has 2 N–H and O–H groups in total. The first-order chi connectivity index (χ1) is 14.2. The van der Waals surface area contributed by atoms with Crippen molar-refractivity contribution in [2.45, 2.75) is 54.3 Å². The molecule has 0 aliphatic heterocycles. The van der Waals surface area contributed by atoms with E-state index in [1.165, 1.54) is 12.4 Å². The van der Waals surface area contributed by atoms with Gasteiger partial charge in [-0.2, -0.15) is 0 Å². The molecule has 4 rings (SSSR count). The Bertz CT molecular complexity index is 1170. The highest BCUT2D eigenvalue weighted by Crippen LogP contribution is 2.40. The fraction of sp³-hybridized carbons (Fsp3) is 0.368. The lowest BCUT2D eigenvalue weighted by molar-refractivity contribution is -0.274. The van der Waals surface area contributed by atoms with Crippen molar-refractivity contribution < 1.29 is 26.3 Å². The smallest absolute Gasteiger partial charge is 0.406 e. The monoisotopic (exact) mass is 440 g/mol.